The van der Waals surface area contributed by atoms with Gasteiger partial charge in [0.1, 0.15) is 6.10 Å². The number of hydrogen-bond donors (Lipinski definition) is 0. The van der Waals surface area contributed by atoms with Gasteiger partial charge in [-0.15, -0.1) is 0 Å². The molecule has 0 aromatic heterocycles. The number of rotatable bonds is 1. The molecule has 0 aromatic carbocycles. The minimum atomic E-state index is -0.752. The smallest absolute Gasteiger partial charge is 0.338 e. The molecule has 6 atom stereocenters. The maximum absolute atomic E-state index is 12.5. The molecule has 2 aliphatic carbocycles. The summed E-state index contributed by atoms with van der Waals surface area (Å²) < 4.78 is 18.1. The van der Waals surface area contributed by atoms with E-state index in [1.165, 1.54) is 6.92 Å². The van der Waals surface area contributed by atoms with Crippen LogP contribution in [0.1, 0.15) is 79.6 Å². The zero-order valence-corrected chi connectivity index (χ0v) is 17.4. The Labute approximate surface area is 162 Å². The zero-order chi connectivity index (χ0) is 19.7. The molecule has 2 saturated heterocycles. The van der Waals surface area contributed by atoms with E-state index in [9.17, 15) is 9.59 Å². The van der Waals surface area contributed by atoms with Crippen molar-refractivity contribution in [1.82, 2.24) is 0 Å². The van der Waals surface area contributed by atoms with Crippen molar-refractivity contribution in [2.45, 2.75) is 96.9 Å². The van der Waals surface area contributed by atoms with Crippen molar-refractivity contribution in [3.05, 3.63) is 0 Å². The van der Waals surface area contributed by atoms with E-state index in [0.29, 0.717) is 13.0 Å². The van der Waals surface area contributed by atoms with E-state index in [1.54, 1.807) is 0 Å². The lowest BCUT2D eigenvalue weighted by Crippen LogP contribution is -2.67. The summed E-state index contributed by atoms with van der Waals surface area (Å²) in [5.41, 5.74) is -1.17. The Balaban J connectivity index is 1.77. The fourth-order valence-electron chi connectivity index (χ4n) is 7.49. The molecule has 4 rings (SSSR count). The number of fused-ring (bicyclic) bond motifs is 2. The second kappa shape index (κ2) is 5.95. The summed E-state index contributed by atoms with van der Waals surface area (Å²) >= 11 is 0. The van der Waals surface area contributed by atoms with Crippen molar-refractivity contribution in [3.8, 4) is 0 Å². The Morgan fingerprint density at radius 2 is 1.85 bits per heavy atom. The van der Waals surface area contributed by atoms with Crippen LogP contribution in [0.25, 0.3) is 0 Å². The van der Waals surface area contributed by atoms with E-state index in [2.05, 4.69) is 27.7 Å². The van der Waals surface area contributed by atoms with E-state index in [0.717, 1.165) is 38.5 Å². The lowest BCUT2D eigenvalue weighted by Gasteiger charge is -2.65. The van der Waals surface area contributed by atoms with Gasteiger partial charge in [0, 0.05) is 24.7 Å². The van der Waals surface area contributed by atoms with Gasteiger partial charge >= 0.3 is 11.9 Å². The molecule has 5 nitrogen and oxygen atoms in total. The van der Waals surface area contributed by atoms with Crippen molar-refractivity contribution >= 4 is 11.9 Å². The van der Waals surface area contributed by atoms with Gasteiger partial charge in [0.15, 0.2) is 5.60 Å². The molecule has 4 aliphatic rings. The van der Waals surface area contributed by atoms with Gasteiger partial charge in [-0.25, -0.2) is 4.79 Å². The van der Waals surface area contributed by atoms with E-state index >= 15 is 0 Å². The zero-order valence-electron chi connectivity index (χ0n) is 17.4. The Morgan fingerprint density at radius 1 is 1.11 bits per heavy atom. The summed E-state index contributed by atoms with van der Waals surface area (Å²) in [4.78, 5) is 24.4. The van der Waals surface area contributed by atoms with Crippen LogP contribution in [0.3, 0.4) is 0 Å². The van der Waals surface area contributed by atoms with Crippen LogP contribution in [0, 0.1) is 22.7 Å². The third-order valence-corrected chi connectivity index (χ3v) is 8.47. The molecule has 6 unspecified atom stereocenters. The maximum Gasteiger partial charge on any atom is 0.338 e. The lowest BCUT2D eigenvalue weighted by molar-refractivity contribution is -0.269. The van der Waals surface area contributed by atoms with Crippen molar-refractivity contribution in [1.29, 1.82) is 0 Å². The maximum atomic E-state index is 12.5. The Morgan fingerprint density at radius 3 is 2.48 bits per heavy atom. The number of cyclic esters (lactones) is 1. The molecule has 0 bridgehead atoms. The van der Waals surface area contributed by atoms with Crippen LogP contribution in [0.15, 0.2) is 0 Å². The predicted octanol–water partition coefficient (Wildman–Crippen LogP) is 4.03. The van der Waals surface area contributed by atoms with Crippen molar-refractivity contribution in [2.75, 3.05) is 6.61 Å². The van der Waals surface area contributed by atoms with Gasteiger partial charge < -0.3 is 14.2 Å². The SMILES string of the molecule is CC(=O)OC1CC(C)C2(CCC3(CCOC3=O)O2)C2(C)CCCC(C)(C)C12. The van der Waals surface area contributed by atoms with E-state index in [4.69, 9.17) is 14.2 Å². The summed E-state index contributed by atoms with van der Waals surface area (Å²) in [6.45, 7) is 11.2. The first-order valence-electron chi connectivity index (χ1n) is 10.6. The first-order valence-corrected chi connectivity index (χ1v) is 10.6. The summed E-state index contributed by atoms with van der Waals surface area (Å²) in [5.74, 6) is 0.0788. The highest BCUT2D eigenvalue weighted by atomic mass is 16.6. The second-order valence-electron chi connectivity index (χ2n) is 10.4. The monoisotopic (exact) mass is 378 g/mol. The number of carbonyl (C=O) groups excluding carboxylic acids is 2. The molecule has 4 fully saturated rings. The minimum absolute atomic E-state index is 0.0650. The standard InChI is InChI=1S/C22H34O5/c1-14-13-16(26-15(2)23)17-19(3,4)7-6-8-20(17,5)22(14)10-9-21(27-22)11-12-25-18(21)24/h14,16-17H,6-13H2,1-5H3. The molecule has 5 heteroatoms. The topological polar surface area (TPSA) is 61.8 Å². The molecular formula is C22H34O5. The molecule has 2 aliphatic heterocycles. The first kappa shape index (κ1) is 19.2. The van der Waals surface area contributed by atoms with E-state index in [1.807, 2.05) is 0 Å². The van der Waals surface area contributed by atoms with Crippen LogP contribution in [0.4, 0.5) is 0 Å². The van der Waals surface area contributed by atoms with Gasteiger partial charge in [0.2, 0.25) is 0 Å². The van der Waals surface area contributed by atoms with Crippen LogP contribution in [0.2, 0.25) is 0 Å². The van der Waals surface area contributed by atoms with Crippen LogP contribution >= 0.6 is 0 Å². The number of ether oxygens (including phenoxy) is 3. The molecule has 0 radical (unpaired) electrons. The quantitative estimate of drug-likeness (QED) is 0.645. The third kappa shape index (κ3) is 2.53. The highest BCUT2D eigenvalue weighted by Crippen LogP contribution is 2.68. The van der Waals surface area contributed by atoms with Crippen molar-refractivity contribution < 1.29 is 23.8 Å². The molecule has 2 heterocycles. The van der Waals surface area contributed by atoms with Crippen LogP contribution < -0.4 is 0 Å². The highest BCUT2D eigenvalue weighted by molar-refractivity contribution is 5.82. The van der Waals surface area contributed by atoms with Crippen LogP contribution in [-0.4, -0.2) is 35.9 Å². The van der Waals surface area contributed by atoms with Crippen LogP contribution in [0.5, 0.6) is 0 Å². The number of carbonyl (C=O) groups is 2. The predicted molar refractivity (Wildman–Crippen MR) is 99.9 cm³/mol. The molecule has 0 amide bonds. The van der Waals surface area contributed by atoms with Gasteiger partial charge in [-0.3, -0.25) is 4.79 Å². The van der Waals surface area contributed by atoms with Gasteiger partial charge in [-0.2, -0.15) is 0 Å². The molecule has 27 heavy (non-hydrogen) atoms. The summed E-state index contributed by atoms with van der Waals surface area (Å²) in [6.07, 6.45) is 6.33. The average Bonchev–Trinajstić information content (AvgIpc) is 3.10. The largest absolute Gasteiger partial charge is 0.463 e. The molecule has 152 valence electrons. The first-order chi connectivity index (χ1) is 12.6. The fourth-order valence-corrected chi connectivity index (χ4v) is 7.49. The Kier molecular flexibility index (Phi) is 4.24. The average molecular weight is 379 g/mol. The van der Waals surface area contributed by atoms with Crippen LogP contribution in [-0.2, 0) is 23.8 Å². The number of esters is 2. The lowest BCUT2D eigenvalue weighted by atomic mass is 9.43. The van der Waals surface area contributed by atoms with Gasteiger partial charge in [0.05, 0.1) is 12.2 Å². The van der Waals surface area contributed by atoms with Gasteiger partial charge in [-0.1, -0.05) is 34.1 Å². The van der Waals surface area contributed by atoms with Crippen molar-refractivity contribution in [3.63, 3.8) is 0 Å². The minimum Gasteiger partial charge on any atom is -0.463 e. The van der Waals surface area contributed by atoms with E-state index < -0.39 is 5.60 Å². The summed E-state index contributed by atoms with van der Waals surface area (Å²) in [6, 6.07) is 0. The number of hydrogen-bond acceptors (Lipinski definition) is 5. The van der Waals surface area contributed by atoms with Gasteiger partial charge in [0.25, 0.3) is 0 Å². The third-order valence-electron chi connectivity index (χ3n) is 8.47. The van der Waals surface area contributed by atoms with E-state index in [-0.39, 0.29) is 46.3 Å². The van der Waals surface area contributed by atoms with Gasteiger partial charge in [-0.05, 0) is 43.4 Å². The molecule has 2 spiro atoms. The second-order valence-corrected chi connectivity index (χ2v) is 10.4. The molecule has 0 aromatic rings. The Bertz CT molecular complexity index is 657. The fraction of sp³-hybridized carbons (Fsp3) is 0.909. The summed E-state index contributed by atoms with van der Waals surface area (Å²) in [5, 5.41) is 0. The van der Waals surface area contributed by atoms with Crippen molar-refractivity contribution in [2.24, 2.45) is 22.7 Å². The molecule has 2 saturated carbocycles. The summed E-state index contributed by atoms with van der Waals surface area (Å²) in [7, 11) is 0. The molecule has 0 N–H and O–H groups in total. The normalized spacial score (nSPS) is 48.5. The molecular weight excluding hydrogens is 344 g/mol. The Hall–Kier alpha value is -1.10. The highest BCUT2D eigenvalue weighted by Gasteiger charge is 2.71.